The molecule has 2 saturated heterocycles. The molecule has 0 aliphatic carbocycles. The fourth-order valence-electron chi connectivity index (χ4n) is 5.47. The molecule has 4 aliphatic heterocycles. The molecule has 33 heavy (non-hydrogen) atoms. The zero-order valence-electron chi connectivity index (χ0n) is 19.5. The first kappa shape index (κ1) is 21.9. The number of hydrogen-bond acceptors (Lipinski definition) is 7. The Morgan fingerprint density at radius 3 is 2.82 bits per heavy atom. The van der Waals surface area contributed by atoms with Gasteiger partial charge in [-0.15, -0.1) is 0 Å². The van der Waals surface area contributed by atoms with E-state index >= 15 is 0 Å². The summed E-state index contributed by atoms with van der Waals surface area (Å²) < 4.78 is 5.54. The van der Waals surface area contributed by atoms with Crippen LogP contribution in [0.5, 0.6) is 5.75 Å². The van der Waals surface area contributed by atoms with Crippen molar-refractivity contribution in [2.45, 2.75) is 25.6 Å². The van der Waals surface area contributed by atoms with Crippen molar-refractivity contribution in [3.63, 3.8) is 0 Å². The first-order valence-electron chi connectivity index (χ1n) is 11.9. The Bertz CT molecular complexity index is 965. The van der Waals surface area contributed by atoms with Crippen molar-refractivity contribution in [3.05, 3.63) is 60.0 Å². The van der Waals surface area contributed by atoms with Crippen LogP contribution in [0.3, 0.4) is 0 Å². The summed E-state index contributed by atoms with van der Waals surface area (Å²) in [6.45, 7) is 7.95. The van der Waals surface area contributed by atoms with Crippen molar-refractivity contribution in [1.29, 1.82) is 0 Å². The van der Waals surface area contributed by atoms with Crippen LogP contribution in [-0.2, 0) is 4.79 Å². The summed E-state index contributed by atoms with van der Waals surface area (Å²) >= 11 is 0. The van der Waals surface area contributed by atoms with E-state index in [1.807, 2.05) is 18.3 Å². The molecule has 1 aromatic rings. The minimum absolute atomic E-state index is 0.0728. The summed E-state index contributed by atoms with van der Waals surface area (Å²) in [5.41, 5.74) is 7.27. The van der Waals surface area contributed by atoms with Gasteiger partial charge in [-0.25, -0.2) is 5.43 Å². The molecular weight excluding hydrogens is 416 g/mol. The van der Waals surface area contributed by atoms with E-state index in [-0.39, 0.29) is 24.0 Å². The maximum absolute atomic E-state index is 12.1. The predicted molar refractivity (Wildman–Crippen MR) is 129 cm³/mol. The number of ether oxygens (including phenoxy) is 1. The molecule has 0 spiro atoms. The monoisotopic (exact) mass is 450 g/mol. The van der Waals surface area contributed by atoms with Gasteiger partial charge in [0.1, 0.15) is 11.9 Å². The Morgan fingerprint density at radius 2 is 2.00 bits per heavy atom. The molecule has 1 aromatic carbocycles. The summed E-state index contributed by atoms with van der Waals surface area (Å²) in [6.07, 6.45) is 8.92. The number of fused-ring (bicyclic) bond motifs is 3. The van der Waals surface area contributed by atoms with Crippen molar-refractivity contribution in [2.24, 2.45) is 5.92 Å². The second-order valence-corrected chi connectivity index (χ2v) is 9.13. The summed E-state index contributed by atoms with van der Waals surface area (Å²) in [5, 5.41) is 8.74. The number of rotatable bonds is 6. The number of benzene rings is 1. The average Bonchev–Trinajstić information content (AvgIpc) is 2.84. The third-order valence-electron chi connectivity index (χ3n) is 7.07. The number of methoxy groups -OCH3 is 1. The molecule has 2 fully saturated rings. The number of hydrazine groups is 1. The molecule has 0 radical (unpaired) electrons. The summed E-state index contributed by atoms with van der Waals surface area (Å²) in [7, 11) is 1.73. The molecule has 0 saturated carbocycles. The zero-order chi connectivity index (χ0) is 22.8. The molecule has 8 heteroatoms. The van der Waals surface area contributed by atoms with Gasteiger partial charge in [-0.2, -0.15) is 0 Å². The lowest BCUT2D eigenvalue weighted by molar-refractivity contribution is -0.122. The lowest BCUT2D eigenvalue weighted by atomic mass is 9.77. The van der Waals surface area contributed by atoms with Crippen molar-refractivity contribution in [1.82, 2.24) is 26.0 Å². The highest BCUT2D eigenvalue weighted by Gasteiger charge is 2.40. The standard InChI is InChI=1S/C25H34N6O2/c1-18-24-19(16-23(32)28-18)17-31(25-20(24)6-5-9-26-25)27-10-11-29-12-14-30(15-13-29)21-7-3-4-8-22(21)33-2/h3-9,17-18,24-27H,10-16H2,1-2H3,(H,28,32). The second-order valence-electron chi connectivity index (χ2n) is 9.13. The summed E-state index contributed by atoms with van der Waals surface area (Å²) in [6, 6.07) is 8.36. The minimum Gasteiger partial charge on any atom is -0.495 e. The van der Waals surface area contributed by atoms with Crippen LogP contribution in [0.1, 0.15) is 13.3 Å². The van der Waals surface area contributed by atoms with Gasteiger partial charge in [0.2, 0.25) is 5.91 Å². The molecule has 3 N–H and O–H groups in total. The molecule has 176 valence electrons. The highest BCUT2D eigenvalue weighted by molar-refractivity contribution is 5.81. The Labute approximate surface area is 195 Å². The Morgan fingerprint density at radius 1 is 1.18 bits per heavy atom. The van der Waals surface area contributed by atoms with Gasteiger partial charge >= 0.3 is 0 Å². The molecule has 0 bridgehead atoms. The minimum atomic E-state index is 0.0728. The number of hydrogen-bond donors (Lipinski definition) is 3. The first-order chi connectivity index (χ1) is 16.1. The maximum Gasteiger partial charge on any atom is 0.224 e. The normalized spacial score (nSPS) is 27.1. The van der Waals surface area contributed by atoms with Crippen LogP contribution in [0.25, 0.3) is 0 Å². The van der Waals surface area contributed by atoms with E-state index in [9.17, 15) is 4.79 Å². The number of allylic oxidation sites excluding steroid dienone is 2. The fourth-order valence-corrected chi connectivity index (χ4v) is 5.47. The second kappa shape index (κ2) is 9.49. The highest BCUT2D eigenvalue weighted by Crippen LogP contribution is 2.37. The molecule has 4 aliphatic rings. The van der Waals surface area contributed by atoms with Crippen LogP contribution >= 0.6 is 0 Å². The Balaban J connectivity index is 1.17. The van der Waals surface area contributed by atoms with Gasteiger partial charge in [0, 0.05) is 57.4 Å². The Kier molecular flexibility index (Phi) is 6.28. The van der Waals surface area contributed by atoms with Gasteiger partial charge in [0.25, 0.3) is 0 Å². The van der Waals surface area contributed by atoms with E-state index in [0.717, 1.165) is 45.0 Å². The van der Waals surface area contributed by atoms with E-state index in [1.54, 1.807) is 7.11 Å². The van der Waals surface area contributed by atoms with Gasteiger partial charge in [-0.05, 0) is 42.5 Å². The van der Waals surface area contributed by atoms with Crippen LogP contribution in [0.15, 0.2) is 60.0 Å². The summed E-state index contributed by atoms with van der Waals surface area (Å²) in [4.78, 5) is 17.0. The van der Waals surface area contributed by atoms with E-state index in [2.05, 4.69) is 68.3 Å². The summed E-state index contributed by atoms with van der Waals surface area (Å²) in [5.74, 6) is 1.30. The highest BCUT2D eigenvalue weighted by atomic mass is 16.5. The molecule has 3 unspecified atom stereocenters. The number of anilines is 1. The van der Waals surface area contributed by atoms with Gasteiger partial charge < -0.3 is 20.3 Å². The number of piperidine rings is 1. The molecular formula is C25H34N6O2. The maximum atomic E-state index is 12.1. The van der Waals surface area contributed by atoms with Crippen LogP contribution < -0.4 is 25.7 Å². The number of amides is 1. The van der Waals surface area contributed by atoms with Crippen LogP contribution in [0, 0.1) is 5.92 Å². The fraction of sp³-hybridized carbons (Fsp3) is 0.480. The smallest absolute Gasteiger partial charge is 0.224 e. The molecule has 5 rings (SSSR count). The van der Waals surface area contributed by atoms with E-state index < -0.39 is 0 Å². The number of para-hydroxylation sites is 2. The van der Waals surface area contributed by atoms with E-state index in [0.29, 0.717) is 6.42 Å². The first-order valence-corrected chi connectivity index (χ1v) is 11.9. The van der Waals surface area contributed by atoms with Gasteiger partial charge in [0.15, 0.2) is 0 Å². The third-order valence-corrected chi connectivity index (χ3v) is 7.07. The quantitative estimate of drug-likeness (QED) is 0.605. The van der Waals surface area contributed by atoms with Gasteiger partial charge in [0.05, 0.1) is 19.2 Å². The molecule has 0 aromatic heterocycles. The average molecular weight is 451 g/mol. The van der Waals surface area contributed by atoms with E-state index in [1.165, 1.54) is 16.8 Å². The Hall–Kier alpha value is -2.97. The van der Waals surface area contributed by atoms with Crippen LogP contribution in [0.2, 0.25) is 0 Å². The third kappa shape index (κ3) is 4.45. The molecule has 1 amide bonds. The van der Waals surface area contributed by atoms with Crippen LogP contribution in [-0.4, -0.2) is 74.4 Å². The number of carbonyl (C=O) groups is 1. The predicted octanol–water partition coefficient (Wildman–Crippen LogP) is 1.42. The van der Waals surface area contributed by atoms with Crippen molar-refractivity contribution in [3.8, 4) is 5.75 Å². The number of carbonyl (C=O) groups excluding carboxylic acids is 1. The number of piperazine rings is 1. The number of nitrogens with one attached hydrogen (secondary N) is 3. The van der Waals surface area contributed by atoms with Crippen LogP contribution in [0.4, 0.5) is 5.69 Å². The van der Waals surface area contributed by atoms with Crippen molar-refractivity contribution >= 4 is 11.6 Å². The molecule has 4 heterocycles. The largest absolute Gasteiger partial charge is 0.495 e. The lowest BCUT2D eigenvalue weighted by Crippen LogP contribution is -2.59. The number of nitrogens with zero attached hydrogens (tertiary/aromatic N) is 3. The SMILES string of the molecule is COc1ccccc1N1CCN(CCNN2C=C3CC(=O)NC(C)C3C3=CC=CNC32)CC1. The van der Waals surface area contributed by atoms with Crippen molar-refractivity contribution < 1.29 is 9.53 Å². The number of dihydropyridines is 1. The van der Waals surface area contributed by atoms with Gasteiger partial charge in [-0.3, -0.25) is 14.7 Å². The lowest BCUT2D eigenvalue weighted by Gasteiger charge is -2.46. The zero-order valence-corrected chi connectivity index (χ0v) is 19.5. The van der Waals surface area contributed by atoms with Crippen molar-refractivity contribution in [2.75, 3.05) is 51.3 Å². The topological polar surface area (TPSA) is 72.1 Å². The van der Waals surface area contributed by atoms with E-state index in [4.69, 9.17) is 4.74 Å². The molecule has 8 nitrogen and oxygen atoms in total. The molecule has 3 atom stereocenters. The van der Waals surface area contributed by atoms with Gasteiger partial charge in [-0.1, -0.05) is 18.2 Å².